The lowest BCUT2D eigenvalue weighted by atomic mass is 9.96. The van der Waals surface area contributed by atoms with Crippen LogP contribution < -0.4 is 5.32 Å². The number of unbranched alkanes of at least 4 members (excludes halogenated alkanes) is 9. The Balaban J connectivity index is 1.77. The SMILES string of the molecule is CCCCCCCCCCCC[C@@H](O)[C@@H](O)[C@@H](NC(=O)OCc1ccccc1)[C@@H]1COC(C)(C)O1. The van der Waals surface area contributed by atoms with Crippen LogP contribution in [-0.4, -0.2) is 53.1 Å². The third-order valence-electron chi connectivity index (χ3n) is 6.54. The summed E-state index contributed by atoms with van der Waals surface area (Å²) in [5, 5.41) is 24.3. The fourth-order valence-corrected chi connectivity index (χ4v) is 4.44. The number of aliphatic hydroxyl groups is 2. The van der Waals surface area contributed by atoms with Gasteiger partial charge in [0.15, 0.2) is 5.79 Å². The minimum absolute atomic E-state index is 0.115. The van der Waals surface area contributed by atoms with Gasteiger partial charge in [-0.3, -0.25) is 0 Å². The van der Waals surface area contributed by atoms with Crippen LogP contribution in [0.4, 0.5) is 4.79 Å². The molecule has 35 heavy (non-hydrogen) atoms. The summed E-state index contributed by atoms with van der Waals surface area (Å²) < 4.78 is 16.8. The van der Waals surface area contributed by atoms with Crippen molar-refractivity contribution in [3.05, 3.63) is 35.9 Å². The molecule has 1 aliphatic heterocycles. The van der Waals surface area contributed by atoms with Crippen LogP contribution in [0.1, 0.15) is 97.0 Å². The van der Waals surface area contributed by atoms with Crippen LogP contribution in [0.3, 0.4) is 0 Å². The quantitative estimate of drug-likeness (QED) is 0.249. The lowest BCUT2D eigenvalue weighted by Gasteiger charge is -2.31. The van der Waals surface area contributed by atoms with Crippen molar-refractivity contribution < 1.29 is 29.2 Å². The van der Waals surface area contributed by atoms with Crippen LogP contribution in [0, 0.1) is 0 Å². The third-order valence-corrected chi connectivity index (χ3v) is 6.54. The molecule has 0 saturated carbocycles. The van der Waals surface area contributed by atoms with E-state index >= 15 is 0 Å². The molecule has 0 bridgehead atoms. The van der Waals surface area contributed by atoms with E-state index in [0.29, 0.717) is 6.42 Å². The molecular formula is C28H47NO6. The van der Waals surface area contributed by atoms with E-state index in [4.69, 9.17) is 14.2 Å². The van der Waals surface area contributed by atoms with E-state index in [2.05, 4.69) is 12.2 Å². The Morgan fingerprint density at radius 2 is 1.63 bits per heavy atom. The highest BCUT2D eigenvalue weighted by molar-refractivity contribution is 5.67. The number of hydrogen-bond donors (Lipinski definition) is 3. The predicted molar refractivity (Wildman–Crippen MR) is 137 cm³/mol. The first kappa shape index (κ1) is 29.6. The second kappa shape index (κ2) is 16.1. The molecule has 200 valence electrons. The number of rotatable bonds is 17. The number of amides is 1. The van der Waals surface area contributed by atoms with Gasteiger partial charge in [0.2, 0.25) is 0 Å². The van der Waals surface area contributed by atoms with Gasteiger partial charge in [0.05, 0.1) is 18.8 Å². The lowest BCUT2D eigenvalue weighted by Crippen LogP contribution is -2.56. The van der Waals surface area contributed by atoms with E-state index in [9.17, 15) is 15.0 Å². The molecule has 1 heterocycles. The molecule has 0 aliphatic carbocycles. The minimum Gasteiger partial charge on any atom is -0.445 e. The van der Waals surface area contributed by atoms with Gasteiger partial charge in [-0.25, -0.2) is 4.79 Å². The van der Waals surface area contributed by atoms with Gasteiger partial charge < -0.3 is 29.7 Å². The average molecular weight is 494 g/mol. The molecule has 1 saturated heterocycles. The van der Waals surface area contributed by atoms with Crippen molar-refractivity contribution >= 4 is 6.09 Å². The maximum atomic E-state index is 12.5. The molecule has 1 amide bonds. The van der Waals surface area contributed by atoms with Crippen molar-refractivity contribution in [2.45, 2.75) is 128 Å². The van der Waals surface area contributed by atoms with E-state index in [1.165, 1.54) is 44.9 Å². The Bertz CT molecular complexity index is 698. The van der Waals surface area contributed by atoms with Gasteiger partial charge in [-0.2, -0.15) is 0 Å². The average Bonchev–Trinajstić information content (AvgIpc) is 3.21. The van der Waals surface area contributed by atoms with Crippen molar-refractivity contribution in [1.29, 1.82) is 0 Å². The number of alkyl carbamates (subject to hydrolysis) is 1. The zero-order chi connectivity index (χ0) is 25.5. The Labute approximate surface area is 211 Å². The number of carbonyl (C=O) groups excluding carboxylic acids is 1. The molecule has 0 radical (unpaired) electrons. The van der Waals surface area contributed by atoms with E-state index in [-0.39, 0.29) is 13.2 Å². The molecule has 1 aromatic carbocycles. The summed E-state index contributed by atoms with van der Waals surface area (Å²) in [4.78, 5) is 12.5. The molecule has 7 nitrogen and oxygen atoms in total. The molecule has 2 rings (SSSR count). The van der Waals surface area contributed by atoms with Gasteiger partial charge in [-0.1, -0.05) is 101 Å². The standard InChI is InChI=1S/C28H47NO6/c1-4-5-6-7-8-9-10-11-12-16-19-23(30)26(31)25(24-21-34-28(2,3)35-24)29-27(32)33-20-22-17-14-13-15-18-22/h13-15,17-18,23-26,30-31H,4-12,16,19-21H2,1-3H3,(H,29,32)/t23-,24+,25+,26-/m1/s1. The highest BCUT2D eigenvalue weighted by Crippen LogP contribution is 2.27. The first-order chi connectivity index (χ1) is 16.8. The number of aliphatic hydroxyl groups excluding tert-OH is 2. The van der Waals surface area contributed by atoms with Crippen LogP contribution in [-0.2, 0) is 20.8 Å². The van der Waals surface area contributed by atoms with Crippen LogP contribution in [0.2, 0.25) is 0 Å². The zero-order valence-electron chi connectivity index (χ0n) is 21.9. The lowest BCUT2D eigenvalue weighted by molar-refractivity contribution is -0.148. The fourth-order valence-electron chi connectivity index (χ4n) is 4.44. The number of nitrogens with one attached hydrogen (secondary N) is 1. The van der Waals surface area contributed by atoms with E-state index in [1.54, 1.807) is 13.8 Å². The zero-order valence-corrected chi connectivity index (χ0v) is 21.9. The Kier molecular flexibility index (Phi) is 13.6. The van der Waals surface area contributed by atoms with Crippen LogP contribution >= 0.6 is 0 Å². The van der Waals surface area contributed by atoms with Crippen molar-refractivity contribution in [2.75, 3.05) is 6.61 Å². The van der Waals surface area contributed by atoms with Crippen molar-refractivity contribution in [1.82, 2.24) is 5.32 Å². The molecule has 3 N–H and O–H groups in total. The molecule has 7 heteroatoms. The van der Waals surface area contributed by atoms with Gasteiger partial charge in [0.25, 0.3) is 0 Å². The summed E-state index contributed by atoms with van der Waals surface area (Å²) in [6.07, 6.45) is 9.06. The van der Waals surface area contributed by atoms with Crippen LogP contribution in [0.5, 0.6) is 0 Å². The highest BCUT2D eigenvalue weighted by atomic mass is 16.7. The van der Waals surface area contributed by atoms with Crippen molar-refractivity contribution in [2.24, 2.45) is 0 Å². The summed E-state index contributed by atoms with van der Waals surface area (Å²) in [6.45, 7) is 6.12. The molecule has 1 aliphatic rings. The van der Waals surface area contributed by atoms with Gasteiger partial charge in [-0.15, -0.1) is 0 Å². The van der Waals surface area contributed by atoms with E-state index < -0.39 is 36.2 Å². The Morgan fingerprint density at radius 1 is 1.03 bits per heavy atom. The highest BCUT2D eigenvalue weighted by Gasteiger charge is 2.43. The summed E-state index contributed by atoms with van der Waals surface area (Å²) >= 11 is 0. The smallest absolute Gasteiger partial charge is 0.407 e. The Hall–Kier alpha value is -1.67. The summed E-state index contributed by atoms with van der Waals surface area (Å²) in [7, 11) is 0. The minimum atomic E-state index is -1.19. The number of carbonyl (C=O) groups is 1. The molecule has 0 aromatic heterocycles. The summed E-state index contributed by atoms with van der Waals surface area (Å²) in [6, 6.07) is 8.53. The van der Waals surface area contributed by atoms with Gasteiger partial charge in [0.1, 0.15) is 18.8 Å². The van der Waals surface area contributed by atoms with Crippen molar-refractivity contribution in [3.63, 3.8) is 0 Å². The predicted octanol–water partition coefficient (Wildman–Crippen LogP) is 5.47. The second-order valence-corrected chi connectivity index (χ2v) is 10.1. The molecular weight excluding hydrogens is 446 g/mol. The van der Waals surface area contributed by atoms with E-state index in [1.807, 2.05) is 30.3 Å². The number of benzene rings is 1. The number of hydrogen-bond acceptors (Lipinski definition) is 6. The normalized spacial score (nSPS) is 19.7. The summed E-state index contributed by atoms with van der Waals surface area (Å²) in [5.74, 6) is -0.820. The summed E-state index contributed by atoms with van der Waals surface area (Å²) in [5.41, 5.74) is 0.863. The van der Waals surface area contributed by atoms with Crippen LogP contribution in [0.15, 0.2) is 30.3 Å². The number of ether oxygens (including phenoxy) is 3. The van der Waals surface area contributed by atoms with Gasteiger partial charge >= 0.3 is 6.09 Å². The molecule has 1 aromatic rings. The van der Waals surface area contributed by atoms with Crippen molar-refractivity contribution in [3.8, 4) is 0 Å². The monoisotopic (exact) mass is 493 g/mol. The topological polar surface area (TPSA) is 97.3 Å². The van der Waals surface area contributed by atoms with E-state index in [0.717, 1.165) is 24.8 Å². The maximum absolute atomic E-state index is 12.5. The first-order valence-electron chi connectivity index (χ1n) is 13.5. The second-order valence-electron chi connectivity index (χ2n) is 10.1. The Morgan fingerprint density at radius 3 is 2.20 bits per heavy atom. The molecule has 4 atom stereocenters. The maximum Gasteiger partial charge on any atom is 0.407 e. The molecule has 0 spiro atoms. The first-order valence-corrected chi connectivity index (χ1v) is 13.5. The largest absolute Gasteiger partial charge is 0.445 e. The van der Waals surface area contributed by atoms with Gasteiger partial charge in [-0.05, 0) is 25.8 Å². The molecule has 1 fully saturated rings. The fraction of sp³-hybridized carbons (Fsp3) is 0.750. The molecule has 0 unspecified atom stereocenters. The van der Waals surface area contributed by atoms with Crippen LogP contribution in [0.25, 0.3) is 0 Å². The van der Waals surface area contributed by atoms with Gasteiger partial charge in [0, 0.05) is 0 Å². The third kappa shape index (κ3) is 11.7.